The highest BCUT2D eigenvalue weighted by Crippen LogP contribution is 2.19. The number of imidazole rings is 1. The van der Waals surface area contributed by atoms with Gasteiger partial charge in [0, 0.05) is 26.2 Å². The summed E-state index contributed by atoms with van der Waals surface area (Å²) in [6.45, 7) is 6.39. The van der Waals surface area contributed by atoms with Crippen molar-refractivity contribution in [3.63, 3.8) is 0 Å². The van der Waals surface area contributed by atoms with Crippen molar-refractivity contribution in [2.75, 3.05) is 26.8 Å². The Balaban J connectivity index is 1.61. The number of methoxy groups -OCH3 is 1. The molecule has 1 saturated heterocycles. The van der Waals surface area contributed by atoms with Crippen LogP contribution in [-0.2, 0) is 11.3 Å². The lowest BCUT2D eigenvalue weighted by Gasteiger charge is -2.35. The van der Waals surface area contributed by atoms with Gasteiger partial charge in [0.2, 0.25) is 0 Å². The van der Waals surface area contributed by atoms with E-state index in [-0.39, 0.29) is 0 Å². The fourth-order valence-corrected chi connectivity index (χ4v) is 3.65. The number of piperidine rings is 1. The van der Waals surface area contributed by atoms with Crippen LogP contribution >= 0.6 is 0 Å². The molecule has 0 spiro atoms. The summed E-state index contributed by atoms with van der Waals surface area (Å²) in [6, 6.07) is 9.03. The summed E-state index contributed by atoms with van der Waals surface area (Å²) in [7, 11) is 1.81. The molecule has 1 aromatic heterocycles. The number of likely N-dealkylation sites (tertiary alicyclic amines) is 1. The first-order chi connectivity index (χ1) is 10.8. The van der Waals surface area contributed by atoms with E-state index in [2.05, 4.69) is 45.6 Å². The van der Waals surface area contributed by atoms with Crippen molar-refractivity contribution in [3.8, 4) is 0 Å². The summed E-state index contributed by atoms with van der Waals surface area (Å²) in [6.07, 6.45) is 5.12. The summed E-state index contributed by atoms with van der Waals surface area (Å²) in [5.41, 5.74) is 2.36. The van der Waals surface area contributed by atoms with Crippen molar-refractivity contribution in [2.45, 2.75) is 45.2 Å². The largest absolute Gasteiger partial charge is 0.383 e. The number of fused-ring (bicyclic) bond motifs is 1. The van der Waals surface area contributed by atoms with E-state index in [1.54, 1.807) is 0 Å². The number of benzene rings is 1. The van der Waals surface area contributed by atoms with Gasteiger partial charge in [0.1, 0.15) is 5.82 Å². The monoisotopic (exact) mass is 301 g/mol. The van der Waals surface area contributed by atoms with Gasteiger partial charge in [-0.2, -0.15) is 0 Å². The first-order valence-corrected chi connectivity index (χ1v) is 8.44. The fraction of sp³-hybridized carbons (Fsp3) is 0.611. The van der Waals surface area contributed by atoms with E-state index in [1.807, 2.05) is 7.11 Å². The third kappa shape index (κ3) is 3.33. The van der Waals surface area contributed by atoms with Gasteiger partial charge in [0.05, 0.1) is 17.6 Å². The molecule has 1 aliphatic rings. The molecule has 1 aromatic carbocycles. The highest BCUT2D eigenvalue weighted by atomic mass is 16.5. The lowest BCUT2D eigenvalue weighted by atomic mass is 10.0. The second-order valence-corrected chi connectivity index (χ2v) is 6.29. The van der Waals surface area contributed by atoms with Gasteiger partial charge in [-0.3, -0.25) is 4.90 Å². The minimum Gasteiger partial charge on any atom is -0.383 e. The van der Waals surface area contributed by atoms with Crippen LogP contribution in [0.3, 0.4) is 0 Å². The Kier molecular flexibility index (Phi) is 5.11. The van der Waals surface area contributed by atoms with Crippen LogP contribution in [0.1, 0.15) is 31.5 Å². The van der Waals surface area contributed by atoms with Crippen LogP contribution in [-0.4, -0.2) is 47.3 Å². The summed E-state index contributed by atoms with van der Waals surface area (Å²) < 4.78 is 7.74. The van der Waals surface area contributed by atoms with Gasteiger partial charge in [-0.25, -0.2) is 4.98 Å². The zero-order chi connectivity index (χ0) is 15.4. The maximum Gasteiger partial charge on any atom is 0.106 e. The van der Waals surface area contributed by atoms with E-state index < -0.39 is 0 Å². The third-order valence-corrected chi connectivity index (χ3v) is 4.78. The molecule has 2 aromatic rings. The van der Waals surface area contributed by atoms with Gasteiger partial charge >= 0.3 is 0 Å². The van der Waals surface area contributed by atoms with Crippen molar-refractivity contribution in [2.24, 2.45) is 0 Å². The van der Waals surface area contributed by atoms with Crippen molar-refractivity contribution in [3.05, 3.63) is 30.1 Å². The Morgan fingerprint density at radius 1 is 1.23 bits per heavy atom. The number of rotatable bonds is 6. The normalized spacial score (nSPS) is 19.8. The molecule has 4 heteroatoms. The highest BCUT2D eigenvalue weighted by molar-refractivity contribution is 5.75. The first kappa shape index (κ1) is 15.5. The topological polar surface area (TPSA) is 30.3 Å². The summed E-state index contributed by atoms with van der Waals surface area (Å²) in [5.74, 6) is 1.12. The fourth-order valence-electron chi connectivity index (χ4n) is 3.65. The van der Waals surface area contributed by atoms with Crippen molar-refractivity contribution in [1.82, 2.24) is 14.5 Å². The zero-order valence-corrected chi connectivity index (χ0v) is 13.8. The smallest absolute Gasteiger partial charge is 0.106 e. The number of hydrogen-bond donors (Lipinski definition) is 0. The Morgan fingerprint density at radius 2 is 2.09 bits per heavy atom. The highest BCUT2D eigenvalue weighted by Gasteiger charge is 2.21. The lowest BCUT2D eigenvalue weighted by Crippen LogP contribution is -2.42. The molecule has 0 amide bonds. The summed E-state index contributed by atoms with van der Waals surface area (Å²) >= 11 is 0. The molecule has 1 fully saturated rings. The maximum absolute atomic E-state index is 5.38. The van der Waals surface area contributed by atoms with E-state index in [0.29, 0.717) is 6.04 Å². The second kappa shape index (κ2) is 7.25. The molecular weight excluding hydrogens is 274 g/mol. The van der Waals surface area contributed by atoms with Crippen molar-refractivity contribution < 1.29 is 4.74 Å². The van der Waals surface area contributed by atoms with Crippen molar-refractivity contribution in [1.29, 1.82) is 0 Å². The number of nitrogens with zero attached hydrogens (tertiary/aromatic N) is 3. The van der Waals surface area contributed by atoms with Gasteiger partial charge in [0.25, 0.3) is 0 Å². The van der Waals surface area contributed by atoms with Gasteiger partial charge < -0.3 is 9.30 Å². The number of ether oxygens (including phenoxy) is 1. The lowest BCUT2D eigenvalue weighted by molar-refractivity contribution is 0.0636. The van der Waals surface area contributed by atoms with E-state index in [1.165, 1.54) is 37.7 Å². The van der Waals surface area contributed by atoms with Crippen LogP contribution in [0.4, 0.5) is 0 Å². The standard InChI is InChI=1S/C18H27N3O/c1-15-19-17-9-3-4-10-18(17)21(15)13-7-12-20-11-6-5-8-16(20)14-22-2/h3-4,9-10,16H,5-8,11-14H2,1-2H3/t16-/m1/s1. The molecule has 1 aliphatic heterocycles. The SMILES string of the molecule is COC[C@H]1CCCCN1CCCn1c(C)nc2ccccc21. The molecule has 0 bridgehead atoms. The quantitative estimate of drug-likeness (QED) is 0.820. The average molecular weight is 301 g/mol. The van der Waals surface area contributed by atoms with Crippen LogP contribution in [0.25, 0.3) is 11.0 Å². The summed E-state index contributed by atoms with van der Waals surface area (Å²) in [5, 5.41) is 0. The van der Waals surface area contributed by atoms with Crippen LogP contribution in [0.2, 0.25) is 0 Å². The number of aryl methyl sites for hydroxylation is 2. The van der Waals surface area contributed by atoms with Gasteiger partial charge in [-0.05, 0) is 44.9 Å². The molecular formula is C18H27N3O. The minimum atomic E-state index is 0.611. The molecule has 22 heavy (non-hydrogen) atoms. The Morgan fingerprint density at radius 3 is 2.95 bits per heavy atom. The van der Waals surface area contributed by atoms with E-state index in [9.17, 15) is 0 Å². The second-order valence-electron chi connectivity index (χ2n) is 6.29. The van der Waals surface area contributed by atoms with Crippen LogP contribution in [0, 0.1) is 6.92 Å². The van der Waals surface area contributed by atoms with E-state index >= 15 is 0 Å². The van der Waals surface area contributed by atoms with Gasteiger partial charge in [0.15, 0.2) is 0 Å². The molecule has 0 unspecified atom stereocenters. The predicted molar refractivity (Wildman–Crippen MR) is 90.2 cm³/mol. The minimum absolute atomic E-state index is 0.611. The molecule has 0 radical (unpaired) electrons. The molecule has 2 heterocycles. The van der Waals surface area contributed by atoms with E-state index in [4.69, 9.17) is 4.74 Å². The van der Waals surface area contributed by atoms with Gasteiger partial charge in [-0.15, -0.1) is 0 Å². The molecule has 4 nitrogen and oxygen atoms in total. The molecule has 0 N–H and O–H groups in total. The molecule has 0 saturated carbocycles. The van der Waals surface area contributed by atoms with E-state index in [0.717, 1.165) is 31.0 Å². The summed E-state index contributed by atoms with van der Waals surface area (Å²) in [4.78, 5) is 7.26. The Bertz CT molecular complexity index is 605. The maximum atomic E-state index is 5.38. The predicted octanol–water partition coefficient (Wildman–Crippen LogP) is 3.24. The number of hydrogen-bond acceptors (Lipinski definition) is 3. The third-order valence-electron chi connectivity index (χ3n) is 4.78. The molecule has 0 aliphatic carbocycles. The molecule has 1 atom stereocenters. The van der Waals surface area contributed by atoms with Gasteiger partial charge in [-0.1, -0.05) is 18.6 Å². The average Bonchev–Trinajstić information content (AvgIpc) is 2.85. The molecule has 120 valence electrons. The number of para-hydroxylation sites is 2. The zero-order valence-electron chi connectivity index (χ0n) is 13.8. The molecule has 3 rings (SSSR count). The van der Waals surface area contributed by atoms with Crippen LogP contribution in [0.15, 0.2) is 24.3 Å². The first-order valence-electron chi connectivity index (χ1n) is 8.44. The van der Waals surface area contributed by atoms with Crippen molar-refractivity contribution >= 4 is 11.0 Å². The Labute approximate surface area is 133 Å². The van der Waals surface area contributed by atoms with Crippen LogP contribution in [0.5, 0.6) is 0 Å². The Hall–Kier alpha value is -1.39. The number of aromatic nitrogens is 2. The van der Waals surface area contributed by atoms with Crippen LogP contribution < -0.4 is 0 Å².